The number of benzene rings is 2. The molecule has 1 N–H and O–H groups in total. The Kier molecular flexibility index (Phi) is 3.78. The van der Waals surface area contributed by atoms with Gasteiger partial charge in [0.2, 0.25) is 0 Å². The van der Waals surface area contributed by atoms with Crippen LogP contribution in [0.2, 0.25) is 0 Å². The van der Waals surface area contributed by atoms with Crippen LogP contribution in [0, 0.1) is 11.6 Å². The molecule has 0 saturated heterocycles. The largest absolute Gasteiger partial charge is 0.478 e. The van der Waals surface area contributed by atoms with Gasteiger partial charge in [-0.15, -0.1) is 0 Å². The SMILES string of the molecule is CS(=O)(=O)c1ccc(-c2ccc(F)c(F)c2)c(C(=O)O)c1. The summed E-state index contributed by atoms with van der Waals surface area (Å²) in [6.07, 6.45) is 0.950. The van der Waals surface area contributed by atoms with Gasteiger partial charge in [-0.2, -0.15) is 0 Å². The number of carbonyl (C=O) groups is 1. The van der Waals surface area contributed by atoms with E-state index < -0.39 is 27.4 Å². The molecule has 0 aliphatic heterocycles. The molecule has 0 spiro atoms. The van der Waals surface area contributed by atoms with E-state index >= 15 is 0 Å². The van der Waals surface area contributed by atoms with Gasteiger partial charge < -0.3 is 5.11 Å². The molecule has 0 radical (unpaired) electrons. The third kappa shape index (κ3) is 3.08. The van der Waals surface area contributed by atoms with Crippen molar-refractivity contribution in [1.29, 1.82) is 0 Å². The van der Waals surface area contributed by atoms with Gasteiger partial charge in [-0.05, 0) is 35.4 Å². The number of rotatable bonds is 3. The van der Waals surface area contributed by atoms with Crippen molar-refractivity contribution in [3.63, 3.8) is 0 Å². The van der Waals surface area contributed by atoms with Crippen LogP contribution in [0.4, 0.5) is 8.78 Å². The maximum absolute atomic E-state index is 13.2. The second-order valence-electron chi connectivity index (χ2n) is 4.41. The standard InChI is InChI=1S/C14H10F2O4S/c1-21(19,20)9-3-4-10(11(7-9)14(17)18)8-2-5-12(15)13(16)6-8/h2-7H,1H3,(H,17,18). The van der Waals surface area contributed by atoms with Crippen LogP contribution in [0.3, 0.4) is 0 Å². The summed E-state index contributed by atoms with van der Waals surface area (Å²) in [5.74, 6) is -3.53. The quantitative estimate of drug-likeness (QED) is 0.946. The van der Waals surface area contributed by atoms with Gasteiger partial charge in [-0.25, -0.2) is 22.0 Å². The Hall–Kier alpha value is -2.28. The smallest absolute Gasteiger partial charge is 0.336 e. The van der Waals surface area contributed by atoms with E-state index in [9.17, 15) is 27.1 Å². The zero-order chi connectivity index (χ0) is 15.8. The Morgan fingerprint density at radius 3 is 2.24 bits per heavy atom. The minimum Gasteiger partial charge on any atom is -0.478 e. The highest BCUT2D eigenvalue weighted by molar-refractivity contribution is 7.90. The van der Waals surface area contributed by atoms with E-state index in [0.717, 1.165) is 24.5 Å². The molecule has 110 valence electrons. The first-order valence-electron chi connectivity index (χ1n) is 5.73. The number of carboxylic acid groups (broad SMARTS) is 1. The minimum atomic E-state index is -3.57. The fourth-order valence-electron chi connectivity index (χ4n) is 1.85. The highest BCUT2D eigenvalue weighted by Crippen LogP contribution is 2.27. The second-order valence-corrected chi connectivity index (χ2v) is 6.43. The molecule has 0 fully saturated rings. The van der Waals surface area contributed by atoms with E-state index in [1.54, 1.807) is 0 Å². The highest BCUT2D eigenvalue weighted by atomic mass is 32.2. The molecule has 0 unspecified atom stereocenters. The molecule has 0 aromatic heterocycles. The maximum atomic E-state index is 13.2. The minimum absolute atomic E-state index is 0.105. The molecule has 4 nitrogen and oxygen atoms in total. The predicted octanol–water partition coefficient (Wildman–Crippen LogP) is 2.73. The van der Waals surface area contributed by atoms with Crippen molar-refractivity contribution in [2.75, 3.05) is 6.26 Å². The number of carboxylic acids is 1. The molecule has 0 aliphatic carbocycles. The van der Waals surface area contributed by atoms with Crippen molar-refractivity contribution in [3.8, 4) is 11.1 Å². The first-order chi connectivity index (χ1) is 9.70. The third-order valence-corrected chi connectivity index (χ3v) is 3.99. The van der Waals surface area contributed by atoms with E-state index in [1.807, 2.05) is 0 Å². The van der Waals surface area contributed by atoms with Gasteiger partial charge >= 0.3 is 5.97 Å². The molecule has 0 amide bonds. The lowest BCUT2D eigenvalue weighted by molar-refractivity contribution is 0.0697. The Balaban J connectivity index is 2.69. The first-order valence-corrected chi connectivity index (χ1v) is 7.62. The first kappa shape index (κ1) is 15.1. The molecule has 0 atom stereocenters. The topological polar surface area (TPSA) is 71.4 Å². The van der Waals surface area contributed by atoms with Gasteiger partial charge in [0, 0.05) is 6.26 Å². The summed E-state index contributed by atoms with van der Waals surface area (Å²) in [4.78, 5) is 11.1. The average Bonchev–Trinajstić information content (AvgIpc) is 2.40. The number of hydrogen-bond donors (Lipinski definition) is 1. The van der Waals surface area contributed by atoms with Gasteiger partial charge in [-0.3, -0.25) is 0 Å². The van der Waals surface area contributed by atoms with E-state index in [1.165, 1.54) is 18.2 Å². The van der Waals surface area contributed by atoms with Crippen LogP contribution >= 0.6 is 0 Å². The summed E-state index contributed by atoms with van der Waals surface area (Å²) < 4.78 is 49.1. The van der Waals surface area contributed by atoms with Crippen LogP contribution in [0.15, 0.2) is 41.3 Å². The number of hydrogen-bond acceptors (Lipinski definition) is 3. The Labute approximate surface area is 119 Å². The lowest BCUT2D eigenvalue weighted by Crippen LogP contribution is -2.04. The van der Waals surface area contributed by atoms with Crippen molar-refractivity contribution in [2.24, 2.45) is 0 Å². The molecule has 21 heavy (non-hydrogen) atoms. The molecule has 2 rings (SSSR count). The van der Waals surface area contributed by atoms with Gasteiger partial charge in [0.1, 0.15) is 0 Å². The maximum Gasteiger partial charge on any atom is 0.336 e. The zero-order valence-electron chi connectivity index (χ0n) is 10.8. The molecule has 0 heterocycles. The van der Waals surface area contributed by atoms with E-state index in [-0.39, 0.29) is 21.6 Å². The normalized spacial score (nSPS) is 11.4. The number of halogens is 2. The summed E-state index contributed by atoms with van der Waals surface area (Å²) in [5, 5.41) is 9.18. The average molecular weight is 312 g/mol. The second kappa shape index (κ2) is 5.25. The van der Waals surface area contributed by atoms with Crippen LogP contribution < -0.4 is 0 Å². The Morgan fingerprint density at radius 2 is 1.71 bits per heavy atom. The van der Waals surface area contributed by atoms with Gasteiger partial charge in [0.05, 0.1) is 10.5 Å². The number of sulfone groups is 1. The van der Waals surface area contributed by atoms with Crippen LogP contribution in [-0.4, -0.2) is 25.7 Å². The van der Waals surface area contributed by atoms with Gasteiger partial charge in [0.25, 0.3) is 0 Å². The summed E-state index contributed by atoms with van der Waals surface area (Å²) >= 11 is 0. The van der Waals surface area contributed by atoms with Crippen LogP contribution in [0.25, 0.3) is 11.1 Å². The predicted molar refractivity (Wildman–Crippen MR) is 71.9 cm³/mol. The van der Waals surface area contributed by atoms with Crippen molar-refractivity contribution in [2.45, 2.75) is 4.90 Å². The zero-order valence-corrected chi connectivity index (χ0v) is 11.6. The van der Waals surface area contributed by atoms with Crippen LogP contribution in [0.1, 0.15) is 10.4 Å². The van der Waals surface area contributed by atoms with E-state index in [2.05, 4.69) is 0 Å². The molecule has 0 bridgehead atoms. The summed E-state index contributed by atoms with van der Waals surface area (Å²) in [6.45, 7) is 0. The van der Waals surface area contributed by atoms with Crippen molar-refractivity contribution in [1.82, 2.24) is 0 Å². The molecule has 2 aromatic carbocycles. The van der Waals surface area contributed by atoms with Crippen LogP contribution in [-0.2, 0) is 9.84 Å². The summed E-state index contributed by atoms with van der Waals surface area (Å²) in [6, 6.07) is 6.43. The lowest BCUT2D eigenvalue weighted by atomic mass is 9.99. The molecular formula is C14H10F2O4S. The van der Waals surface area contributed by atoms with Crippen molar-refractivity contribution in [3.05, 3.63) is 53.6 Å². The Bertz CT molecular complexity index is 829. The van der Waals surface area contributed by atoms with Gasteiger partial charge in [0.15, 0.2) is 21.5 Å². The molecular weight excluding hydrogens is 302 g/mol. The molecule has 0 aliphatic rings. The van der Waals surface area contributed by atoms with E-state index in [0.29, 0.717) is 0 Å². The van der Waals surface area contributed by atoms with Gasteiger partial charge in [-0.1, -0.05) is 12.1 Å². The van der Waals surface area contributed by atoms with Crippen molar-refractivity contribution < 1.29 is 27.1 Å². The molecule has 7 heteroatoms. The number of aromatic carboxylic acids is 1. The highest BCUT2D eigenvalue weighted by Gasteiger charge is 2.17. The summed E-state index contributed by atoms with van der Waals surface area (Å²) in [5.41, 5.74) is -0.0518. The van der Waals surface area contributed by atoms with E-state index in [4.69, 9.17) is 0 Å². The molecule has 0 saturated carbocycles. The fraction of sp³-hybridized carbons (Fsp3) is 0.0714. The molecule has 2 aromatic rings. The monoisotopic (exact) mass is 312 g/mol. The van der Waals surface area contributed by atoms with Crippen LogP contribution in [0.5, 0.6) is 0 Å². The van der Waals surface area contributed by atoms with Crippen molar-refractivity contribution >= 4 is 15.8 Å². The summed E-state index contributed by atoms with van der Waals surface area (Å²) in [7, 11) is -3.57. The lowest BCUT2D eigenvalue weighted by Gasteiger charge is -2.09. The fourth-order valence-corrected chi connectivity index (χ4v) is 2.49. The third-order valence-electron chi connectivity index (χ3n) is 2.88. The Morgan fingerprint density at radius 1 is 1.05 bits per heavy atom.